The molecule has 0 spiro atoms. The van der Waals surface area contributed by atoms with Crippen molar-refractivity contribution < 1.29 is 9.53 Å². The maximum atomic E-state index is 10.5. The molecule has 0 radical (unpaired) electrons. The molecule has 0 unspecified atom stereocenters. The van der Waals surface area contributed by atoms with Crippen molar-refractivity contribution in [2.75, 3.05) is 13.2 Å². The Balaban J connectivity index is 2.17. The number of carbonyl (C=O) groups is 1. The number of rotatable bonds is 2. The summed E-state index contributed by atoms with van der Waals surface area (Å²) in [6, 6.07) is 1.62. The fourth-order valence-corrected chi connectivity index (χ4v) is 1.61. The van der Waals surface area contributed by atoms with E-state index in [9.17, 15) is 4.79 Å². The molecule has 1 fully saturated rings. The molecule has 2 rings (SSSR count). The molecule has 4 heteroatoms. The van der Waals surface area contributed by atoms with Crippen LogP contribution in [-0.4, -0.2) is 29.5 Å². The van der Waals surface area contributed by atoms with Crippen molar-refractivity contribution in [1.82, 2.24) is 9.97 Å². The molecule has 0 atom stereocenters. The SMILES string of the molecule is O=Cc1ccnc(C2CCOCC2)n1. The minimum atomic E-state index is 0.351. The lowest BCUT2D eigenvalue weighted by Gasteiger charge is -2.20. The topological polar surface area (TPSA) is 52.1 Å². The van der Waals surface area contributed by atoms with E-state index in [4.69, 9.17) is 4.74 Å². The Labute approximate surface area is 82.3 Å². The number of hydrogen-bond acceptors (Lipinski definition) is 4. The molecule has 0 amide bonds. The smallest absolute Gasteiger partial charge is 0.168 e. The Morgan fingerprint density at radius 2 is 2.21 bits per heavy atom. The lowest BCUT2D eigenvalue weighted by Crippen LogP contribution is -2.16. The van der Waals surface area contributed by atoms with Crippen molar-refractivity contribution in [2.45, 2.75) is 18.8 Å². The molecule has 0 bridgehead atoms. The van der Waals surface area contributed by atoms with Gasteiger partial charge in [0, 0.05) is 25.3 Å². The van der Waals surface area contributed by atoms with Gasteiger partial charge in [0.1, 0.15) is 11.5 Å². The van der Waals surface area contributed by atoms with Crippen molar-refractivity contribution in [3.63, 3.8) is 0 Å². The van der Waals surface area contributed by atoms with Gasteiger partial charge in [-0.1, -0.05) is 0 Å². The van der Waals surface area contributed by atoms with Crippen LogP contribution < -0.4 is 0 Å². The molecule has 0 aliphatic carbocycles. The minimum Gasteiger partial charge on any atom is -0.381 e. The highest BCUT2D eigenvalue weighted by atomic mass is 16.5. The van der Waals surface area contributed by atoms with E-state index in [0.717, 1.165) is 38.2 Å². The van der Waals surface area contributed by atoms with E-state index in [1.54, 1.807) is 12.3 Å². The fraction of sp³-hybridized carbons (Fsp3) is 0.500. The van der Waals surface area contributed by atoms with E-state index >= 15 is 0 Å². The van der Waals surface area contributed by atoms with Crippen LogP contribution in [0.4, 0.5) is 0 Å². The average molecular weight is 192 g/mol. The van der Waals surface area contributed by atoms with Crippen LogP contribution in [0.3, 0.4) is 0 Å². The summed E-state index contributed by atoms with van der Waals surface area (Å²) in [6.07, 6.45) is 4.29. The number of aromatic nitrogens is 2. The lowest BCUT2D eigenvalue weighted by molar-refractivity contribution is 0.0835. The molecule has 1 saturated heterocycles. The zero-order valence-electron chi connectivity index (χ0n) is 7.85. The van der Waals surface area contributed by atoms with Gasteiger partial charge in [0.2, 0.25) is 0 Å². The highest BCUT2D eigenvalue weighted by Gasteiger charge is 2.18. The first-order valence-corrected chi connectivity index (χ1v) is 4.76. The van der Waals surface area contributed by atoms with Crippen LogP contribution in [0.15, 0.2) is 12.3 Å². The summed E-state index contributed by atoms with van der Waals surface area (Å²) in [4.78, 5) is 18.9. The summed E-state index contributed by atoms with van der Waals surface area (Å²) >= 11 is 0. The standard InChI is InChI=1S/C10H12N2O2/c13-7-9-1-4-11-10(12-9)8-2-5-14-6-3-8/h1,4,7-8H,2-3,5-6H2. The molecule has 1 aromatic heterocycles. The normalized spacial score (nSPS) is 18.0. The van der Waals surface area contributed by atoms with Gasteiger partial charge in [0.25, 0.3) is 0 Å². The Kier molecular flexibility index (Phi) is 2.84. The summed E-state index contributed by atoms with van der Waals surface area (Å²) in [5.74, 6) is 1.13. The minimum absolute atomic E-state index is 0.351. The molecule has 14 heavy (non-hydrogen) atoms. The molecule has 1 aliphatic rings. The van der Waals surface area contributed by atoms with Gasteiger partial charge in [0.15, 0.2) is 6.29 Å². The summed E-state index contributed by atoms with van der Waals surface area (Å²) in [6.45, 7) is 1.53. The number of carbonyl (C=O) groups excluding carboxylic acids is 1. The van der Waals surface area contributed by atoms with Gasteiger partial charge in [-0.05, 0) is 18.9 Å². The first-order chi connectivity index (χ1) is 6.90. The quantitative estimate of drug-likeness (QED) is 0.660. The Morgan fingerprint density at radius 3 is 2.93 bits per heavy atom. The third-order valence-corrected chi connectivity index (χ3v) is 2.40. The van der Waals surface area contributed by atoms with Crippen LogP contribution in [0.2, 0.25) is 0 Å². The van der Waals surface area contributed by atoms with Gasteiger partial charge in [-0.3, -0.25) is 4.79 Å². The van der Waals surface area contributed by atoms with Crippen molar-refractivity contribution >= 4 is 6.29 Å². The van der Waals surface area contributed by atoms with E-state index in [2.05, 4.69) is 9.97 Å². The maximum Gasteiger partial charge on any atom is 0.168 e. The van der Waals surface area contributed by atoms with Gasteiger partial charge in [-0.2, -0.15) is 0 Å². The van der Waals surface area contributed by atoms with Crippen LogP contribution in [0.1, 0.15) is 35.1 Å². The zero-order valence-corrected chi connectivity index (χ0v) is 7.85. The highest BCUT2D eigenvalue weighted by molar-refractivity contribution is 5.71. The van der Waals surface area contributed by atoms with Crippen LogP contribution in [0, 0.1) is 0 Å². The number of nitrogens with zero attached hydrogens (tertiary/aromatic N) is 2. The lowest BCUT2D eigenvalue weighted by atomic mass is 9.99. The summed E-state index contributed by atoms with van der Waals surface area (Å²) in [5.41, 5.74) is 0.460. The van der Waals surface area contributed by atoms with Crippen LogP contribution >= 0.6 is 0 Å². The number of aldehydes is 1. The van der Waals surface area contributed by atoms with Gasteiger partial charge in [-0.25, -0.2) is 9.97 Å². The summed E-state index contributed by atoms with van der Waals surface area (Å²) in [7, 11) is 0. The van der Waals surface area contributed by atoms with Gasteiger partial charge >= 0.3 is 0 Å². The van der Waals surface area contributed by atoms with Crippen LogP contribution in [0.5, 0.6) is 0 Å². The van der Waals surface area contributed by atoms with Gasteiger partial charge in [-0.15, -0.1) is 0 Å². The van der Waals surface area contributed by atoms with Crippen molar-refractivity contribution in [1.29, 1.82) is 0 Å². The maximum absolute atomic E-state index is 10.5. The van der Waals surface area contributed by atoms with Crippen molar-refractivity contribution in [3.8, 4) is 0 Å². The first kappa shape index (κ1) is 9.27. The molecular weight excluding hydrogens is 180 g/mol. The third-order valence-electron chi connectivity index (χ3n) is 2.40. The number of ether oxygens (including phenoxy) is 1. The zero-order chi connectivity index (χ0) is 9.80. The van der Waals surface area contributed by atoms with Gasteiger partial charge in [0.05, 0.1) is 0 Å². The largest absolute Gasteiger partial charge is 0.381 e. The van der Waals surface area contributed by atoms with E-state index in [1.165, 1.54) is 0 Å². The first-order valence-electron chi connectivity index (χ1n) is 4.76. The van der Waals surface area contributed by atoms with E-state index in [-0.39, 0.29) is 0 Å². The molecule has 4 nitrogen and oxygen atoms in total. The Morgan fingerprint density at radius 1 is 1.43 bits per heavy atom. The second kappa shape index (κ2) is 4.28. The molecule has 2 heterocycles. The van der Waals surface area contributed by atoms with Crippen LogP contribution in [0.25, 0.3) is 0 Å². The highest BCUT2D eigenvalue weighted by Crippen LogP contribution is 2.23. The molecule has 74 valence electrons. The van der Waals surface area contributed by atoms with E-state index < -0.39 is 0 Å². The fourth-order valence-electron chi connectivity index (χ4n) is 1.61. The third kappa shape index (κ3) is 1.96. The number of hydrogen-bond donors (Lipinski definition) is 0. The van der Waals surface area contributed by atoms with Crippen molar-refractivity contribution in [3.05, 3.63) is 23.8 Å². The molecule has 1 aliphatic heterocycles. The summed E-state index contributed by atoms with van der Waals surface area (Å²) < 4.78 is 5.25. The molecule has 0 aromatic carbocycles. The van der Waals surface area contributed by atoms with Crippen molar-refractivity contribution in [2.24, 2.45) is 0 Å². The van der Waals surface area contributed by atoms with E-state index in [1.807, 2.05) is 0 Å². The second-order valence-electron chi connectivity index (χ2n) is 3.34. The predicted octanol–water partition coefficient (Wildman–Crippen LogP) is 1.18. The molecular formula is C10H12N2O2. The molecule has 1 aromatic rings. The average Bonchev–Trinajstić information content (AvgIpc) is 2.30. The monoisotopic (exact) mass is 192 g/mol. The summed E-state index contributed by atoms with van der Waals surface area (Å²) in [5, 5.41) is 0. The second-order valence-corrected chi connectivity index (χ2v) is 3.34. The predicted molar refractivity (Wildman–Crippen MR) is 50.2 cm³/mol. The van der Waals surface area contributed by atoms with Gasteiger partial charge < -0.3 is 4.74 Å². The molecule has 0 saturated carbocycles. The van der Waals surface area contributed by atoms with E-state index in [0.29, 0.717) is 11.6 Å². The Bertz CT molecular complexity index is 322. The van der Waals surface area contributed by atoms with Crippen LogP contribution in [-0.2, 0) is 4.74 Å². The molecule has 0 N–H and O–H groups in total. The Hall–Kier alpha value is -1.29.